The fraction of sp³-hybridized carbons (Fsp3) is 0.217. The topological polar surface area (TPSA) is 173 Å². The molecule has 1 aliphatic rings. The minimum atomic E-state index is -4.34. The lowest BCUT2D eigenvalue weighted by atomic mass is 10.0. The summed E-state index contributed by atoms with van der Waals surface area (Å²) >= 11 is 0. The number of phenols is 1. The molecule has 0 fully saturated rings. The number of hydrogen-bond acceptors (Lipinski definition) is 8. The van der Waals surface area contributed by atoms with Gasteiger partial charge in [-0.15, -0.1) is 12.4 Å². The van der Waals surface area contributed by atoms with Crippen LogP contribution in [0.5, 0.6) is 17.2 Å². The van der Waals surface area contributed by atoms with Gasteiger partial charge in [-0.05, 0) is 49.7 Å². The lowest BCUT2D eigenvalue weighted by molar-refractivity contribution is 0.0871. The Bertz CT molecular complexity index is 1440. The van der Waals surface area contributed by atoms with Crippen molar-refractivity contribution < 1.29 is 40.5 Å². The third kappa shape index (κ3) is 7.24. The molecule has 0 radical (unpaired) electrons. The summed E-state index contributed by atoms with van der Waals surface area (Å²) in [5.74, 6) is 0.293. The summed E-state index contributed by atoms with van der Waals surface area (Å²) in [6.07, 6.45) is -0.350. The number of aromatic hydroxyl groups is 1. The van der Waals surface area contributed by atoms with Crippen molar-refractivity contribution in [3.63, 3.8) is 0 Å². The van der Waals surface area contributed by atoms with Crippen molar-refractivity contribution in [2.75, 3.05) is 12.3 Å². The van der Waals surface area contributed by atoms with E-state index < -0.39 is 26.3 Å². The largest absolute Gasteiger partial charge is 0.503 e. The average molecular weight is 560 g/mol. The van der Waals surface area contributed by atoms with E-state index in [1.165, 1.54) is 24.3 Å². The molecular formula is C23H26ClNO9S2. The Morgan fingerprint density at radius 1 is 0.917 bits per heavy atom. The van der Waals surface area contributed by atoms with E-state index in [2.05, 4.69) is 0 Å². The molecule has 0 saturated heterocycles. The van der Waals surface area contributed by atoms with Gasteiger partial charge in [0.25, 0.3) is 20.2 Å². The summed E-state index contributed by atoms with van der Waals surface area (Å²) < 4.78 is 73.3. The minimum Gasteiger partial charge on any atom is -0.503 e. The maximum atomic E-state index is 11.5. The maximum absolute atomic E-state index is 11.5. The Kier molecular flexibility index (Phi) is 9.21. The molecule has 0 aromatic heterocycles. The Labute approximate surface area is 215 Å². The van der Waals surface area contributed by atoms with Gasteiger partial charge in [0.1, 0.15) is 12.7 Å². The first-order valence-electron chi connectivity index (χ1n) is 10.3. The van der Waals surface area contributed by atoms with Gasteiger partial charge in [0.05, 0.1) is 15.5 Å². The van der Waals surface area contributed by atoms with E-state index >= 15 is 0 Å². The highest BCUT2D eigenvalue weighted by Crippen LogP contribution is 2.43. The van der Waals surface area contributed by atoms with Gasteiger partial charge in [-0.3, -0.25) is 9.11 Å². The van der Waals surface area contributed by atoms with Gasteiger partial charge < -0.3 is 20.3 Å². The van der Waals surface area contributed by atoms with Gasteiger partial charge >= 0.3 is 0 Å². The summed E-state index contributed by atoms with van der Waals surface area (Å²) in [6, 6.07) is 13.7. The Hall–Kier alpha value is -3.03. The first-order valence-corrected chi connectivity index (χ1v) is 13.2. The molecule has 1 heterocycles. The van der Waals surface area contributed by atoms with Crippen molar-refractivity contribution in [1.82, 2.24) is 0 Å². The second kappa shape index (κ2) is 11.4. The molecule has 3 aromatic rings. The van der Waals surface area contributed by atoms with Crippen LogP contribution >= 0.6 is 12.4 Å². The molecular weight excluding hydrogens is 534 g/mol. The molecule has 4 rings (SSSR count). The van der Waals surface area contributed by atoms with Gasteiger partial charge in [-0.2, -0.15) is 16.8 Å². The van der Waals surface area contributed by atoms with E-state index in [-0.39, 0.29) is 52.4 Å². The summed E-state index contributed by atoms with van der Waals surface area (Å²) in [5, 5.41) is 9.99. The third-order valence-electron chi connectivity index (χ3n) is 5.10. The summed E-state index contributed by atoms with van der Waals surface area (Å²) in [7, 11) is -8.36. The van der Waals surface area contributed by atoms with Crippen LogP contribution in [0.25, 0.3) is 0 Å². The number of fused-ring (bicyclic) bond motifs is 1. The first kappa shape index (κ1) is 29.2. The van der Waals surface area contributed by atoms with Gasteiger partial charge in [0.2, 0.25) is 5.75 Å². The molecule has 10 nitrogen and oxygen atoms in total. The van der Waals surface area contributed by atoms with E-state index in [4.69, 9.17) is 19.8 Å². The van der Waals surface area contributed by atoms with Crippen molar-refractivity contribution in [2.45, 2.75) is 36.2 Å². The molecule has 1 atom stereocenters. The molecule has 0 saturated carbocycles. The number of phenolic OH excluding ortho intramolecular Hbond substituents is 1. The van der Waals surface area contributed by atoms with Crippen molar-refractivity contribution in [3.05, 3.63) is 71.3 Å². The van der Waals surface area contributed by atoms with Crippen LogP contribution in [0.3, 0.4) is 0 Å². The Balaban J connectivity index is 0.000000321. The number of aryl methyl sites for hydroxylation is 2. The first-order chi connectivity index (χ1) is 16.3. The zero-order valence-corrected chi connectivity index (χ0v) is 21.7. The quantitative estimate of drug-likeness (QED) is 0.210. The van der Waals surface area contributed by atoms with Crippen molar-refractivity contribution in [2.24, 2.45) is 0 Å². The van der Waals surface area contributed by atoms with Gasteiger partial charge in [0, 0.05) is 6.42 Å². The number of anilines is 1. The summed E-state index contributed by atoms with van der Waals surface area (Å²) in [6.45, 7) is 3.83. The highest BCUT2D eigenvalue weighted by molar-refractivity contribution is 7.86. The van der Waals surface area contributed by atoms with E-state index in [1.807, 2.05) is 13.8 Å². The SMILES string of the molecule is Cc1ccc(S(=O)(=O)O)c(C[C@@H]2COc3ccc(N)c(O)c3O2)c1.Cc1ccc(S(=O)(=O)O)cc1.Cl. The summed E-state index contributed by atoms with van der Waals surface area (Å²) in [4.78, 5) is -0.234. The molecule has 0 spiro atoms. The lowest BCUT2D eigenvalue weighted by Crippen LogP contribution is -2.31. The van der Waals surface area contributed by atoms with Crippen LogP contribution in [0.1, 0.15) is 16.7 Å². The number of nitrogen functional groups attached to an aromatic ring is 1. The minimum absolute atomic E-state index is 0. The highest BCUT2D eigenvalue weighted by Gasteiger charge is 2.27. The van der Waals surface area contributed by atoms with E-state index in [0.717, 1.165) is 11.1 Å². The van der Waals surface area contributed by atoms with Crippen LogP contribution in [0.4, 0.5) is 5.69 Å². The molecule has 13 heteroatoms. The predicted molar refractivity (Wildman–Crippen MR) is 135 cm³/mol. The summed E-state index contributed by atoms with van der Waals surface area (Å²) in [5.41, 5.74) is 8.02. The number of ether oxygens (including phenoxy) is 2. The molecule has 0 amide bonds. The van der Waals surface area contributed by atoms with Crippen LogP contribution in [0.2, 0.25) is 0 Å². The second-order valence-electron chi connectivity index (χ2n) is 7.96. The normalized spacial score (nSPS) is 14.7. The predicted octanol–water partition coefficient (Wildman–Crippen LogP) is 3.58. The molecule has 0 bridgehead atoms. The Morgan fingerprint density at radius 3 is 2.11 bits per heavy atom. The average Bonchev–Trinajstić information content (AvgIpc) is 2.76. The van der Waals surface area contributed by atoms with E-state index in [0.29, 0.717) is 11.3 Å². The third-order valence-corrected chi connectivity index (χ3v) is 6.92. The fourth-order valence-corrected chi connectivity index (χ4v) is 4.55. The van der Waals surface area contributed by atoms with Crippen molar-refractivity contribution in [3.8, 4) is 17.2 Å². The maximum Gasteiger partial charge on any atom is 0.294 e. The number of rotatable bonds is 4. The number of benzene rings is 3. The lowest BCUT2D eigenvalue weighted by Gasteiger charge is -2.27. The van der Waals surface area contributed by atoms with Crippen molar-refractivity contribution >= 4 is 38.3 Å². The van der Waals surface area contributed by atoms with Crippen LogP contribution in [-0.4, -0.2) is 43.8 Å². The van der Waals surface area contributed by atoms with Crippen LogP contribution in [0, 0.1) is 13.8 Å². The Morgan fingerprint density at radius 2 is 1.53 bits per heavy atom. The fourth-order valence-electron chi connectivity index (χ4n) is 3.35. The molecule has 0 unspecified atom stereocenters. The van der Waals surface area contributed by atoms with Crippen molar-refractivity contribution in [1.29, 1.82) is 0 Å². The van der Waals surface area contributed by atoms with Gasteiger partial charge in [0.15, 0.2) is 11.5 Å². The molecule has 36 heavy (non-hydrogen) atoms. The second-order valence-corrected chi connectivity index (χ2v) is 10.8. The van der Waals surface area contributed by atoms with Gasteiger partial charge in [-0.25, -0.2) is 0 Å². The number of nitrogens with two attached hydrogens (primary N) is 1. The van der Waals surface area contributed by atoms with E-state index in [9.17, 15) is 26.5 Å². The van der Waals surface area contributed by atoms with Crippen LogP contribution in [-0.2, 0) is 26.7 Å². The number of halogens is 1. The standard InChI is InChI=1S/C16H17NO6S.C7H8O3S.ClH/c1-9-2-5-14(24(19,20)21)10(6-9)7-11-8-22-13-4-3-12(17)15(18)16(13)23-11;1-6-2-4-7(5-3-6)11(8,9)10;/h2-6,11,18H,7-8,17H2,1H3,(H,19,20,21);2-5H,1H3,(H,8,9,10);1H/t11-;;/m1../s1. The smallest absolute Gasteiger partial charge is 0.294 e. The molecule has 196 valence electrons. The highest BCUT2D eigenvalue weighted by atomic mass is 35.5. The van der Waals surface area contributed by atoms with Crippen LogP contribution in [0.15, 0.2) is 64.4 Å². The van der Waals surface area contributed by atoms with Gasteiger partial charge in [-0.1, -0.05) is 35.4 Å². The number of hydrogen-bond donors (Lipinski definition) is 4. The molecule has 1 aliphatic heterocycles. The monoisotopic (exact) mass is 559 g/mol. The van der Waals surface area contributed by atoms with Crippen LogP contribution < -0.4 is 15.2 Å². The molecule has 0 aliphatic carbocycles. The van der Waals surface area contributed by atoms with E-state index in [1.54, 1.807) is 30.3 Å². The molecule has 3 aromatic carbocycles. The zero-order valence-electron chi connectivity index (χ0n) is 19.3. The molecule has 5 N–H and O–H groups in total. The zero-order chi connectivity index (χ0) is 26.0.